The Hall–Kier alpha value is -1.85. The molecular weight excluding hydrogens is 206 g/mol. The van der Waals surface area contributed by atoms with Crippen LogP contribution in [0, 0.1) is 0 Å². The molecule has 1 atom stereocenters. The first-order valence-corrected chi connectivity index (χ1v) is 5.25. The summed E-state index contributed by atoms with van der Waals surface area (Å²) in [6.07, 6.45) is 2.46. The van der Waals surface area contributed by atoms with Crippen molar-refractivity contribution in [2.45, 2.75) is 26.3 Å². The molecule has 1 rings (SSSR count). The highest BCUT2D eigenvalue weighted by molar-refractivity contribution is 5.82. The quantitative estimate of drug-likeness (QED) is 0.656. The van der Waals surface area contributed by atoms with E-state index >= 15 is 0 Å². The summed E-state index contributed by atoms with van der Waals surface area (Å²) >= 11 is 0. The van der Waals surface area contributed by atoms with Gasteiger partial charge in [-0.25, -0.2) is 9.97 Å². The molecule has 0 saturated heterocycles. The molecule has 1 aromatic heterocycles. The fraction of sp³-hybridized carbons (Fsp3) is 0.500. The second kappa shape index (κ2) is 5.89. The lowest BCUT2D eigenvalue weighted by atomic mass is 10.3. The monoisotopic (exact) mass is 223 g/mol. The summed E-state index contributed by atoms with van der Waals surface area (Å²) < 4.78 is 0. The zero-order valence-electron chi connectivity index (χ0n) is 9.53. The minimum Gasteiger partial charge on any atom is -0.370 e. The van der Waals surface area contributed by atoms with Gasteiger partial charge in [-0.2, -0.15) is 0 Å². The van der Waals surface area contributed by atoms with Gasteiger partial charge in [-0.15, -0.1) is 0 Å². The Morgan fingerprint density at radius 3 is 2.81 bits per heavy atom. The number of amides is 1. The second-order valence-electron chi connectivity index (χ2n) is 3.48. The number of hydrogen-bond donors (Lipinski definition) is 3. The van der Waals surface area contributed by atoms with Crippen LogP contribution in [0.4, 0.5) is 11.6 Å². The van der Waals surface area contributed by atoms with Crippen molar-refractivity contribution >= 4 is 17.5 Å². The number of rotatable bonds is 6. The van der Waals surface area contributed by atoms with Crippen molar-refractivity contribution in [3.63, 3.8) is 0 Å². The predicted molar refractivity (Wildman–Crippen MR) is 63.1 cm³/mol. The highest BCUT2D eigenvalue weighted by Gasteiger charge is 2.08. The van der Waals surface area contributed by atoms with E-state index in [1.54, 1.807) is 13.0 Å². The highest BCUT2D eigenvalue weighted by atomic mass is 16.1. The minimum absolute atomic E-state index is 0.415. The topological polar surface area (TPSA) is 92.9 Å². The zero-order valence-corrected chi connectivity index (χ0v) is 9.53. The summed E-state index contributed by atoms with van der Waals surface area (Å²) in [6, 6.07) is 1.30. The molecular formula is C10H17N5O. The summed E-state index contributed by atoms with van der Waals surface area (Å²) in [4.78, 5) is 18.9. The number of carbonyl (C=O) groups is 1. The number of nitrogens with one attached hydrogen (secondary N) is 2. The largest absolute Gasteiger partial charge is 0.370 e. The van der Waals surface area contributed by atoms with Gasteiger partial charge < -0.3 is 16.4 Å². The number of hydrogen-bond acceptors (Lipinski definition) is 5. The van der Waals surface area contributed by atoms with E-state index in [0.717, 1.165) is 18.8 Å². The molecule has 88 valence electrons. The van der Waals surface area contributed by atoms with Gasteiger partial charge in [0.25, 0.3) is 0 Å². The van der Waals surface area contributed by atoms with E-state index in [1.165, 1.54) is 6.33 Å². The first-order chi connectivity index (χ1) is 7.63. The molecule has 0 fully saturated rings. The molecule has 0 spiro atoms. The van der Waals surface area contributed by atoms with Crippen LogP contribution in [0.3, 0.4) is 0 Å². The fourth-order valence-corrected chi connectivity index (χ4v) is 1.08. The lowest BCUT2D eigenvalue weighted by Gasteiger charge is -2.11. The van der Waals surface area contributed by atoms with Gasteiger partial charge in [0.05, 0.1) is 0 Å². The molecule has 0 aliphatic carbocycles. The van der Waals surface area contributed by atoms with Crippen molar-refractivity contribution in [2.75, 3.05) is 17.2 Å². The maximum atomic E-state index is 10.9. The van der Waals surface area contributed by atoms with Gasteiger partial charge in [-0.1, -0.05) is 6.92 Å². The van der Waals surface area contributed by atoms with Crippen molar-refractivity contribution < 1.29 is 4.79 Å². The Morgan fingerprint density at radius 2 is 2.19 bits per heavy atom. The Balaban J connectivity index is 2.63. The summed E-state index contributed by atoms with van der Waals surface area (Å²) in [7, 11) is 0. The third-order valence-electron chi connectivity index (χ3n) is 2.01. The van der Waals surface area contributed by atoms with Gasteiger partial charge in [0.2, 0.25) is 5.91 Å². The molecule has 6 heteroatoms. The molecule has 0 saturated carbocycles. The van der Waals surface area contributed by atoms with Crippen molar-refractivity contribution in [3.8, 4) is 0 Å². The van der Waals surface area contributed by atoms with Crippen LogP contribution in [-0.4, -0.2) is 28.5 Å². The minimum atomic E-state index is -0.450. The van der Waals surface area contributed by atoms with E-state index in [2.05, 4.69) is 27.5 Å². The molecule has 16 heavy (non-hydrogen) atoms. The van der Waals surface area contributed by atoms with Gasteiger partial charge in [-0.3, -0.25) is 4.79 Å². The Kier molecular flexibility index (Phi) is 4.50. The average Bonchev–Trinajstić information content (AvgIpc) is 2.26. The van der Waals surface area contributed by atoms with E-state index < -0.39 is 11.9 Å². The van der Waals surface area contributed by atoms with Gasteiger partial charge in [0, 0.05) is 12.6 Å². The van der Waals surface area contributed by atoms with E-state index in [1.807, 2.05) is 0 Å². The number of nitrogens with zero attached hydrogens (tertiary/aromatic N) is 2. The number of anilines is 2. The second-order valence-corrected chi connectivity index (χ2v) is 3.48. The van der Waals surface area contributed by atoms with Gasteiger partial charge in [0.15, 0.2) is 0 Å². The molecule has 0 aromatic carbocycles. The van der Waals surface area contributed by atoms with Crippen LogP contribution in [0.25, 0.3) is 0 Å². The predicted octanol–water partition coefficient (Wildman–Crippen LogP) is 0.584. The lowest BCUT2D eigenvalue weighted by Crippen LogP contribution is -2.32. The van der Waals surface area contributed by atoms with Crippen molar-refractivity contribution in [2.24, 2.45) is 5.73 Å². The summed E-state index contributed by atoms with van der Waals surface area (Å²) in [6.45, 7) is 4.61. The highest BCUT2D eigenvalue weighted by Crippen LogP contribution is 2.09. The maximum Gasteiger partial charge on any atom is 0.239 e. The molecule has 0 bridgehead atoms. The van der Waals surface area contributed by atoms with Crippen LogP contribution >= 0.6 is 0 Å². The normalized spacial score (nSPS) is 11.9. The molecule has 1 amide bonds. The third-order valence-corrected chi connectivity index (χ3v) is 2.01. The molecule has 1 aromatic rings. The molecule has 0 aliphatic heterocycles. The SMILES string of the molecule is CCCNc1cc(NC(C)C(N)=O)ncn1. The smallest absolute Gasteiger partial charge is 0.239 e. The standard InChI is InChI=1S/C10H17N5O/c1-3-4-12-8-5-9(14-6-13-8)15-7(2)10(11)16/h5-7H,3-4H2,1-2H3,(H2,11,16)(H2,12,13,14,15). The van der Waals surface area contributed by atoms with Crippen LogP contribution in [0.15, 0.2) is 12.4 Å². The van der Waals surface area contributed by atoms with E-state index in [4.69, 9.17) is 5.73 Å². The Bertz CT molecular complexity index is 355. The first kappa shape index (κ1) is 12.2. The summed E-state index contributed by atoms with van der Waals surface area (Å²) in [5.41, 5.74) is 5.14. The molecule has 0 radical (unpaired) electrons. The van der Waals surface area contributed by atoms with Crippen LogP contribution in [0.2, 0.25) is 0 Å². The van der Waals surface area contributed by atoms with Gasteiger partial charge >= 0.3 is 0 Å². The molecule has 1 heterocycles. The Morgan fingerprint density at radius 1 is 1.50 bits per heavy atom. The van der Waals surface area contributed by atoms with E-state index in [9.17, 15) is 4.79 Å². The van der Waals surface area contributed by atoms with E-state index in [-0.39, 0.29) is 0 Å². The van der Waals surface area contributed by atoms with Crippen LogP contribution in [-0.2, 0) is 4.79 Å². The number of primary amides is 1. The summed E-state index contributed by atoms with van der Waals surface area (Å²) in [5.74, 6) is 0.901. The number of nitrogens with two attached hydrogens (primary N) is 1. The van der Waals surface area contributed by atoms with Crippen molar-refractivity contribution in [1.29, 1.82) is 0 Å². The lowest BCUT2D eigenvalue weighted by molar-refractivity contribution is -0.118. The molecule has 0 aliphatic rings. The van der Waals surface area contributed by atoms with Gasteiger partial charge in [0.1, 0.15) is 24.0 Å². The number of aromatic nitrogens is 2. The zero-order chi connectivity index (χ0) is 12.0. The van der Waals surface area contributed by atoms with Crippen LogP contribution in [0.5, 0.6) is 0 Å². The van der Waals surface area contributed by atoms with Crippen LogP contribution in [0.1, 0.15) is 20.3 Å². The third kappa shape index (κ3) is 3.72. The molecule has 1 unspecified atom stereocenters. The molecule has 4 N–H and O–H groups in total. The van der Waals surface area contributed by atoms with E-state index in [0.29, 0.717) is 5.82 Å². The Labute approximate surface area is 94.7 Å². The summed E-state index contributed by atoms with van der Waals surface area (Å²) in [5, 5.41) is 6.02. The fourth-order valence-electron chi connectivity index (χ4n) is 1.08. The van der Waals surface area contributed by atoms with Gasteiger partial charge in [-0.05, 0) is 13.3 Å². The van der Waals surface area contributed by atoms with Crippen molar-refractivity contribution in [1.82, 2.24) is 9.97 Å². The first-order valence-electron chi connectivity index (χ1n) is 5.25. The number of carbonyl (C=O) groups excluding carboxylic acids is 1. The average molecular weight is 223 g/mol. The maximum absolute atomic E-state index is 10.9. The van der Waals surface area contributed by atoms with Crippen molar-refractivity contribution in [3.05, 3.63) is 12.4 Å². The van der Waals surface area contributed by atoms with Crippen LogP contribution < -0.4 is 16.4 Å². The molecule has 6 nitrogen and oxygen atoms in total.